The van der Waals surface area contributed by atoms with E-state index in [1.54, 1.807) is 12.1 Å². The molecule has 2 aromatic heterocycles. The van der Waals surface area contributed by atoms with Crippen LogP contribution in [0.2, 0.25) is 0 Å². The fraction of sp³-hybridized carbons (Fsp3) is 0.125. The van der Waals surface area contributed by atoms with Gasteiger partial charge in [0.1, 0.15) is 16.5 Å². The Morgan fingerprint density at radius 2 is 1.91 bits per heavy atom. The van der Waals surface area contributed by atoms with Gasteiger partial charge in [0.2, 0.25) is 10.0 Å². The summed E-state index contributed by atoms with van der Waals surface area (Å²) >= 11 is 1.48. The molecule has 4 nitrogen and oxygen atoms in total. The van der Waals surface area contributed by atoms with Gasteiger partial charge in [0.25, 0.3) is 0 Å². The molecule has 0 aliphatic carbocycles. The summed E-state index contributed by atoms with van der Waals surface area (Å²) in [6.07, 6.45) is 1.48. The van der Waals surface area contributed by atoms with Crippen LogP contribution in [0.25, 0.3) is 0 Å². The van der Waals surface area contributed by atoms with Crippen molar-refractivity contribution in [3.05, 3.63) is 76.6 Å². The zero-order valence-corrected chi connectivity index (χ0v) is 13.7. The number of hydrogen-bond acceptors (Lipinski definition) is 4. The zero-order chi connectivity index (χ0) is 16.3. The van der Waals surface area contributed by atoms with E-state index >= 15 is 0 Å². The quantitative estimate of drug-likeness (QED) is 0.677. The Morgan fingerprint density at radius 1 is 1.09 bits per heavy atom. The molecule has 0 amide bonds. The lowest BCUT2D eigenvalue weighted by Crippen LogP contribution is -2.30. The molecule has 0 N–H and O–H groups in total. The maximum absolute atomic E-state index is 14.0. The number of benzene rings is 1. The minimum atomic E-state index is -3.98. The first-order valence-corrected chi connectivity index (χ1v) is 9.24. The monoisotopic (exact) mass is 351 g/mol. The number of nitrogens with zero attached hydrogens (tertiary/aromatic N) is 1. The van der Waals surface area contributed by atoms with Crippen molar-refractivity contribution in [2.24, 2.45) is 0 Å². The Hall–Kier alpha value is -1.96. The van der Waals surface area contributed by atoms with Crippen molar-refractivity contribution in [3.8, 4) is 0 Å². The van der Waals surface area contributed by atoms with Crippen molar-refractivity contribution >= 4 is 21.4 Å². The normalized spacial score (nSPS) is 11.9. The van der Waals surface area contributed by atoms with Crippen LogP contribution < -0.4 is 0 Å². The highest BCUT2D eigenvalue weighted by Gasteiger charge is 2.28. The average molecular weight is 351 g/mol. The second kappa shape index (κ2) is 6.66. The predicted molar refractivity (Wildman–Crippen MR) is 85.9 cm³/mol. The third kappa shape index (κ3) is 3.52. The van der Waals surface area contributed by atoms with Crippen LogP contribution in [0, 0.1) is 5.82 Å². The number of hydrogen-bond donors (Lipinski definition) is 0. The summed E-state index contributed by atoms with van der Waals surface area (Å²) in [5, 5.41) is 3.74. The van der Waals surface area contributed by atoms with Crippen molar-refractivity contribution in [2.45, 2.75) is 18.0 Å². The lowest BCUT2D eigenvalue weighted by atomic mass is 10.3. The molecule has 0 spiro atoms. The second-order valence-corrected chi connectivity index (χ2v) is 7.60. The SMILES string of the molecule is O=S(=O)(c1ccccc1F)N(Cc1ccsc1)Cc1ccco1. The molecule has 0 saturated carbocycles. The highest BCUT2D eigenvalue weighted by atomic mass is 32.2. The Morgan fingerprint density at radius 3 is 2.57 bits per heavy atom. The van der Waals surface area contributed by atoms with Crippen LogP contribution in [-0.4, -0.2) is 12.7 Å². The van der Waals surface area contributed by atoms with Gasteiger partial charge in [-0.15, -0.1) is 0 Å². The van der Waals surface area contributed by atoms with E-state index in [-0.39, 0.29) is 18.0 Å². The third-order valence-electron chi connectivity index (χ3n) is 3.31. The molecule has 0 aliphatic heterocycles. The Bertz CT molecular complexity index is 822. The van der Waals surface area contributed by atoms with Gasteiger partial charge >= 0.3 is 0 Å². The van der Waals surface area contributed by atoms with Crippen LogP contribution in [0.15, 0.2) is 68.8 Å². The molecule has 3 rings (SSSR count). The van der Waals surface area contributed by atoms with E-state index < -0.39 is 15.8 Å². The lowest BCUT2D eigenvalue weighted by Gasteiger charge is -2.21. The summed E-state index contributed by atoms with van der Waals surface area (Å²) in [4.78, 5) is -0.332. The Kier molecular flexibility index (Phi) is 4.61. The maximum atomic E-state index is 14.0. The van der Waals surface area contributed by atoms with Gasteiger partial charge in [-0.1, -0.05) is 12.1 Å². The van der Waals surface area contributed by atoms with Crippen molar-refractivity contribution in [1.29, 1.82) is 0 Å². The number of thiophene rings is 1. The van der Waals surface area contributed by atoms with E-state index in [1.165, 1.54) is 40.1 Å². The van der Waals surface area contributed by atoms with Crippen LogP contribution in [0.3, 0.4) is 0 Å². The number of sulfonamides is 1. The van der Waals surface area contributed by atoms with E-state index in [1.807, 2.05) is 16.8 Å². The first-order valence-electron chi connectivity index (χ1n) is 6.85. The predicted octanol–water partition coefficient (Wildman–Crippen LogP) is 3.87. The topological polar surface area (TPSA) is 50.5 Å². The summed E-state index contributed by atoms with van der Waals surface area (Å²) < 4.78 is 46.1. The van der Waals surface area contributed by atoms with Crippen LogP contribution in [0.1, 0.15) is 11.3 Å². The van der Waals surface area contributed by atoms with E-state index in [4.69, 9.17) is 4.42 Å². The van der Waals surface area contributed by atoms with Crippen LogP contribution in [0.5, 0.6) is 0 Å². The highest BCUT2D eigenvalue weighted by Crippen LogP contribution is 2.24. The van der Waals surface area contributed by atoms with Gasteiger partial charge < -0.3 is 4.42 Å². The highest BCUT2D eigenvalue weighted by molar-refractivity contribution is 7.89. The molecule has 0 aliphatic rings. The van der Waals surface area contributed by atoms with Gasteiger partial charge in [-0.2, -0.15) is 15.6 Å². The molecule has 120 valence electrons. The first kappa shape index (κ1) is 15.9. The van der Waals surface area contributed by atoms with Gasteiger partial charge in [-0.05, 0) is 46.7 Å². The molecule has 0 unspecified atom stereocenters. The molecule has 23 heavy (non-hydrogen) atoms. The summed E-state index contributed by atoms with van der Waals surface area (Å²) in [6, 6.07) is 10.6. The van der Waals surface area contributed by atoms with Gasteiger partial charge in [0, 0.05) is 6.54 Å². The smallest absolute Gasteiger partial charge is 0.246 e. The van der Waals surface area contributed by atoms with E-state index in [2.05, 4.69) is 0 Å². The summed E-state index contributed by atoms with van der Waals surface area (Å²) in [5.41, 5.74) is 0.849. The maximum Gasteiger partial charge on any atom is 0.246 e. The minimum absolute atomic E-state index is 0.0412. The fourth-order valence-electron chi connectivity index (χ4n) is 2.18. The molecule has 0 fully saturated rings. The molecule has 0 bridgehead atoms. The van der Waals surface area contributed by atoms with Crippen LogP contribution in [0.4, 0.5) is 4.39 Å². The van der Waals surface area contributed by atoms with Crippen molar-refractivity contribution in [3.63, 3.8) is 0 Å². The molecule has 0 saturated heterocycles. The molecular formula is C16H14FNO3S2. The Labute approximate surface area is 137 Å². The van der Waals surface area contributed by atoms with Gasteiger partial charge in [-0.3, -0.25) is 0 Å². The van der Waals surface area contributed by atoms with Gasteiger partial charge in [0.15, 0.2) is 0 Å². The van der Waals surface area contributed by atoms with Crippen LogP contribution >= 0.6 is 11.3 Å². The zero-order valence-electron chi connectivity index (χ0n) is 12.1. The lowest BCUT2D eigenvalue weighted by molar-refractivity contribution is 0.357. The molecule has 3 aromatic rings. The fourth-order valence-corrected chi connectivity index (χ4v) is 4.30. The number of halogens is 1. The standard InChI is InChI=1S/C16H14FNO3S2/c17-15-5-1-2-6-16(15)23(19,20)18(10-13-7-9-22-12-13)11-14-4-3-8-21-14/h1-9,12H,10-11H2. The summed E-state index contributed by atoms with van der Waals surface area (Å²) in [6.45, 7) is 0.195. The van der Waals surface area contributed by atoms with Gasteiger partial charge in [-0.25, -0.2) is 12.8 Å². The number of furan rings is 1. The molecule has 0 radical (unpaired) electrons. The minimum Gasteiger partial charge on any atom is -0.468 e. The van der Waals surface area contributed by atoms with Crippen molar-refractivity contribution < 1.29 is 17.2 Å². The van der Waals surface area contributed by atoms with Crippen molar-refractivity contribution in [2.75, 3.05) is 0 Å². The molecule has 0 atom stereocenters. The second-order valence-electron chi connectivity index (χ2n) is 4.91. The summed E-state index contributed by atoms with van der Waals surface area (Å²) in [7, 11) is -3.98. The largest absolute Gasteiger partial charge is 0.468 e. The average Bonchev–Trinajstić information content (AvgIpc) is 3.20. The summed E-state index contributed by atoms with van der Waals surface area (Å²) in [5.74, 6) is -0.262. The molecule has 1 aromatic carbocycles. The van der Waals surface area contributed by atoms with E-state index in [9.17, 15) is 12.8 Å². The first-order chi connectivity index (χ1) is 11.1. The van der Waals surface area contributed by atoms with Crippen molar-refractivity contribution in [1.82, 2.24) is 4.31 Å². The Balaban J connectivity index is 1.98. The molecule has 7 heteroatoms. The van der Waals surface area contributed by atoms with E-state index in [0.29, 0.717) is 5.76 Å². The third-order valence-corrected chi connectivity index (χ3v) is 5.86. The number of rotatable bonds is 6. The molecular weight excluding hydrogens is 337 g/mol. The van der Waals surface area contributed by atoms with Crippen LogP contribution in [-0.2, 0) is 23.1 Å². The van der Waals surface area contributed by atoms with E-state index in [0.717, 1.165) is 11.6 Å². The van der Waals surface area contributed by atoms with Gasteiger partial charge in [0.05, 0.1) is 12.8 Å². The molecule has 2 heterocycles.